The van der Waals surface area contributed by atoms with Crippen LogP contribution in [0.15, 0.2) is 11.6 Å². The summed E-state index contributed by atoms with van der Waals surface area (Å²) in [5, 5.41) is 21.2. The second-order valence-corrected chi connectivity index (χ2v) is 8.75. The highest BCUT2D eigenvalue weighted by Gasteiger charge is 2.60. The van der Waals surface area contributed by atoms with E-state index in [4.69, 9.17) is 0 Å². The molecule has 3 saturated carbocycles. The van der Waals surface area contributed by atoms with Crippen LogP contribution in [0.3, 0.4) is 0 Å². The molecule has 4 aliphatic rings. The molecule has 7 atom stereocenters. The topological polar surface area (TPSA) is 57.5 Å². The number of ketones is 1. The van der Waals surface area contributed by atoms with Crippen molar-refractivity contribution in [2.75, 3.05) is 0 Å². The number of hydrogen-bond acceptors (Lipinski definition) is 3. The van der Waals surface area contributed by atoms with Gasteiger partial charge < -0.3 is 10.2 Å². The standard InChI is InChI=1S/C19H28O3/c1-18-7-5-11(20)9-15(18)16(21)10-12-13-3-4-17(22)19(13,2)8-6-14(12)18/h9,12-14,16-17,21-22H,3-8,10H2,1-2H3/t12?,13?,14?,16-,17+,18-,19+/m1/s1. The minimum absolute atomic E-state index is 0.00881. The molecule has 122 valence electrons. The van der Waals surface area contributed by atoms with Crippen LogP contribution < -0.4 is 0 Å². The number of carbonyl (C=O) groups excluding carboxylic acids is 1. The Morgan fingerprint density at radius 3 is 2.64 bits per heavy atom. The molecule has 0 aliphatic heterocycles. The number of carbonyl (C=O) groups is 1. The zero-order chi connectivity index (χ0) is 15.7. The summed E-state index contributed by atoms with van der Waals surface area (Å²) < 4.78 is 0. The van der Waals surface area contributed by atoms with Crippen LogP contribution in [0, 0.1) is 28.6 Å². The van der Waals surface area contributed by atoms with E-state index < -0.39 is 6.10 Å². The molecule has 0 aromatic rings. The number of aliphatic hydroxyl groups is 2. The first-order valence-corrected chi connectivity index (χ1v) is 8.97. The van der Waals surface area contributed by atoms with Crippen molar-refractivity contribution < 1.29 is 15.0 Å². The maximum absolute atomic E-state index is 11.8. The lowest BCUT2D eigenvalue weighted by molar-refractivity contribution is -0.120. The van der Waals surface area contributed by atoms with Crippen molar-refractivity contribution in [2.45, 2.75) is 71.0 Å². The second-order valence-electron chi connectivity index (χ2n) is 8.75. The van der Waals surface area contributed by atoms with Gasteiger partial charge in [0.1, 0.15) is 0 Å². The van der Waals surface area contributed by atoms with E-state index in [-0.39, 0.29) is 22.7 Å². The number of fused-ring (bicyclic) bond motifs is 5. The first-order valence-electron chi connectivity index (χ1n) is 8.97. The summed E-state index contributed by atoms with van der Waals surface area (Å²) in [6.07, 6.45) is 7.65. The van der Waals surface area contributed by atoms with Crippen LogP contribution in [0.25, 0.3) is 0 Å². The molecular weight excluding hydrogens is 276 g/mol. The molecule has 0 heterocycles. The molecule has 4 rings (SSSR count). The molecule has 0 amide bonds. The molecule has 3 heteroatoms. The maximum Gasteiger partial charge on any atom is 0.155 e. The van der Waals surface area contributed by atoms with Crippen molar-refractivity contribution in [1.29, 1.82) is 0 Å². The number of rotatable bonds is 0. The monoisotopic (exact) mass is 304 g/mol. The summed E-state index contributed by atoms with van der Waals surface area (Å²) in [5.41, 5.74) is 1.04. The van der Waals surface area contributed by atoms with Crippen molar-refractivity contribution in [3.63, 3.8) is 0 Å². The zero-order valence-electron chi connectivity index (χ0n) is 13.7. The second kappa shape index (κ2) is 4.67. The Morgan fingerprint density at radius 2 is 1.86 bits per heavy atom. The molecule has 0 aromatic heterocycles. The normalized spacial score (nSPS) is 54.3. The third-order valence-electron chi connectivity index (χ3n) is 7.93. The number of aliphatic hydroxyl groups excluding tert-OH is 2. The Bertz CT molecular complexity index is 539. The molecule has 0 radical (unpaired) electrons. The van der Waals surface area contributed by atoms with Crippen LogP contribution in [-0.4, -0.2) is 28.2 Å². The van der Waals surface area contributed by atoms with E-state index in [0.717, 1.165) is 44.1 Å². The quantitative estimate of drug-likeness (QED) is 0.723. The van der Waals surface area contributed by atoms with Crippen LogP contribution in [0.5, 0.6) is 0 Å². The Labute approximate surface area is 132 Å². The van der Waals surface area contributed by atoms with Gasteiger partial charge in [0.2, 0.25) is 0 Å². The molecule has 0 spiro atoms. The van der Waals surface area contributed by atoms with E-state index in [0.29, 0.717) is 24.2 Å². The van der Waals surface area contributed by atoms with E-state index in [1.54, 1.807) is 6.08 Å². The van der Waals surface area contributed by atoms with E-state index >= 15 is 0 Å². The van der Waals surface area contributed by atoms with Crippen molar-refractivity contribution in [2.24, 2.45) is 28.6 Å². The van der Waals surface area contributed by atoms with Crippen molar-refractivity contribution in [3.8, 4) is 0 Å². The van der Waals surface area contributed by atoms with Gasteiger partial charge >= 0.3 is 0 Å². The van der Waals surface area contributed by atoms with Crippen LogP contribution in [0.4, 0.5) is 0 Å². The Balaban J connectivity index is 1.73. The highest BCUT2D eigenvalue weighted by atomic mass is 16.3. The smallest absolute Gasteiger partial charge is 0.155 e. The minimum atomic E-state index is -0.462. The van der Waals surface area contributed by atoms with Crippen LogP contribution in [0.1, 0.15) is 58.8 Å². The van der Waals surface area contributed by atoms with Gasteiger partial charge in [0.15, 0.2) is 5.78 Å². The molecule has 0 saturated heterocycles. The fourth-order valence-corrected chi connectivity index (χ4v) is 6.58. The summed E-state index contributed by atoms with van der Waals surface area (Å²) >= 11 is 0. The minimum Gasteiger partial charge on any atom is -0.393 e. The molecule has 3 nitrogen and oxygen atoms in total. The van der Waals surface area contributed by atoms with E-state index in [9.17, 15) is 15.0 Å². The third kappa shape index (κ3) is 1.78. The van der Waals surface area contributed by atoms with Gasteiger partial charge in [-0.25, -0.2) is 0 Å². The Morgan fingerprint density at radius 1 is 1.09 bits per heavy atom. The van der Waals surface area contributed by atoms with Gasteiger partial charge in [0, 0.05) is 6.42 Å². The largest absolute Gasteiger partial charge is 0.393 e. The first kappa shape index (κ1) is 14.9. The number of hydrogen-bond donors (Lipinski definition) is 2. The SMILES string of the molecule is C[C@]12CCC(=O)C=C1[C@H](O)CC1C2CC[C@@]2(C)C1CC[C@@H]2O. The summed E-state index contributed by atoms with van der Waals surface area (Å²) in [6.45, 7) is 4.54. The molecule has 2 N–H and O–H groups in total. The van der Waals surface area contributed by atoms with Gasteiger partial charge in [-0.15, -0.1) is 0 Å². The van der Waals surface area contributed by atoms with Gasteiger partial charge in [0.25, 0.3) is 0 Å². The summed E-state index contributed by atoms with van der Waals surface area (Å²) in [5.74, 6) is 1.79. The summed E-state index contributed by atoms with van der Waals surface area (Å²) in [4.78, 5) is 11.8. The Hall–Kier alpha value is -0.670. The lowest BCUT2D eigenvalue weighted by atomic mass is 9.47. The summed E-state index contributed by atoms with van der Waals surface area (Å²) in [6, 6.07) is 0. The average Bonchev–Trinajstić information content (AvgIpc) is 2.77. The van der Waals surface area contributed by atoms with Crippen LogP contribution >= 0.6 is 0 Å². The van der Waals surface area contributed by atoms with Crippen LogP contribution in [-0.2, 0) is 4.79 Å². The highest BCUT2D eigenvalue weighted by molar-refractivity contribution is 5.91. The molecule has 0 aromatic carbocycles. The van der Waals surface area contributed by atoms with E-state index in [1.165, 1.54) is 0 Å². The molecule has 3 fully saturated rings. The van der Waals surface area contributed by atoms with Gasteiger partial charge in [-0.2, -0.15) is 0 Å². The predicted octanol–water partition coefficient (Wildman–Crippen LogP) is 2.85. The fraction of sp³-hybridized carbons (Fsp3) is 0.842. The highest BCUT2D eigenvalue weighted by Crippen LogP contribution is 2.65. The van der Waals surface area contributed by atoms with Gasteiger partial charge in [-0.1, -0.05) is 13.8 Å². The van der Waals surface area contributed by atoms with Gasteiger partial charge in [-0.3, -0.25) is 4.79 Å². The van der Waals surface area contributed by atoms with E-state index in [2.05, 4.69) is 13.8 Å². The molecule has 0 bridgehead atoms. The third-order valence-corrected chi connectivity index (χ3v) is 7.93. The molecule has 22 heavy (non-hydrogen) atoms. The predicted molar refractivity (Wildman–Crippen MR) is 84.1 cm³/mol. The van der Waals surface area contributed by atoms with Gasteiger partial charge in [-0.05, 0) is 78.8 Å². The zero-order valence-corrected chi connectivity index (χ0v) is 13.7. The van der Waals surface area contributed by atoms with Gasteiger partial charge in [0.05, 0.1) is 12.2 Å². The van der Waals surface area contributed by atoms with Crippen molar-refractivity contribution in [1.82, 2.24) is 0 Å². The Kier molecular flexibility index (Phi) is 3.16. The van der Waals surface area contributed by atoms with Crippen molar-refractivity contribution in [3.05, 3.63) is 11.6 Å². The average molecular weight is 304 g/mol. The maximum atomic E-state index is 11.8. The lowest BCUT2D eigenvalue weighted by Crippen LogP contribution is -2.54. The lowest BCUT2D eigenvalue weighted by Gasteiger charge is -2.58. The summed E-state index contributed by atoms with van der Waals surface area (Å²) in [7, 11) is 0. The van der Waals surface area contributed by atoms with Crippen LogP contribution in [0.2, 0.25) is 0 Å². The molecular formula is C19H28O3. The molecule has 4 aliphatic carbocycles. The van der Waals surface area contributed by atoms with Crippen molar-refractivity contribution >= 4 is 5.78 Å². The van der Waals surface area contributed by atoms with E-state index in [1.807, 2.05) is 0 Å². The molecule has 3 unspecified atom stereocenters. The fourth-order valence-electron chi connectivity index (χ4n) is 6.58. The first-order chi connectivity index (χ1) is 10.4.